The van der Waals surface area contributed by atoms with Gasteiger partial charge >= 0.3 is 11.7 Å². The third kappa shape index (κ3) is 4.09. The molecule has 0 spiro atoms. The lowest BCUT2D eigenvalue weighted by molar-refractivity contribution is 0.0589. The van der Waals surface area contributed by atoms with Gasteiger partial charge in [0.25, 0.3) is 0 Å². The third-order valence-electron chi connectivity index (χ3n) is 4.51. The van der Waals surface area contributed by atoms with E-state index in [4.69, 9.17) is 9.15 Å². The molecule has 1 aromatic heterocycles. The molecule has 0 atom stereocenters. The molecule has 0 saturated heterocycles. The molecule has 1 heterocycles. The lowest BCUT2D eigenvalue weighted by atomic mass is 10.00. The van der Waals surface area contributed by atoms with Gasteiger partial charge in [-0.15, -0.1) is 0 Å². The van der Waals surface area contributed by atoms with Crippen LogP contribution in [0, 0.1) is 13.8 Å². The van der Waals surface area contributed by atoms with Crippen LogP contribution in [0.4, 0.5) is 10.5 Å². The van der Waals surface area contributed by atoms with Gasteiger partial charge in [0, 0.05) is 24.2 Å². The quantitative estimate of drug-likeness (QED) is 0.556. The number of carbonyl (C=O) groups excluding carboxylic acids is 1. The van der Waals surface area contributed by atoms with E-state index in [0.717, 1.165) is 33.3 Å². The van der Waals surface area contributed by atoms with Crippen molar-refractivity contribution >= 4 is 22.7 Å². The van der Waals surface area contributed by atoms with Crippen LogP contribution >= 0.6 is 0 Å². The zero-order chi connectivity index (χ0) is 20.6. The minimum absolute atomic E-state index is 0.354. The Balaban J connectivity index is 1.95. The second-order valence-corrected chi connectivity index (χ2v) is 8.00. The van der Waals surface area contributed by atoms with Gasteiger partial charge in [0.2, 0.25) is 0 Å². The van der Waals surface area contributed by atoms with Gasteiger partial charge in [-0.05, 0) is 75.1 Å². The number of nitrogens with zero attached hydrogens (tertiary/aromatic N) is 1. The molecule has 0 radical (unpaired) electrons. The number of aryl methyl sites for hydroxylation is 2. The van der Waals surface area contributed by atoms with E-state index < -0.39 is 11.7 Å². The highest BCUT2D eigenvalue weighted by molar-refractivity contribution is 5.90. The van der Waals surface area contributed by atoms with Gasteiger partial charge in [-0.25, -0.2) is 9.59 Å². The number of benzene rings is 2. The first kappa shape index (κ1) is 19.7. The molecular weight excluding hydrogens is 354 g/mol. The lowest BCUT2D eigenvalue weighted by Crippen LogP contribution is -2.34. The summed E-state index contributed by atoms with van der Waals surface area (Å²) in [5.41, 5.74) is 4.19. The van der Waals surface area contributed by atoms with Crippen molar-refractivity contribution in [1.29, 1.82) is 0 Å². The fourth-order valence-electron chi connectivity index (χ4n) is 3.14. The predicted molar refractivity (Wildman–Crippen MR) is 112 cm³/mol. The van der Waals surface area contributed by atoms with E-state index >= 15 is 0 Å². The van der Waals surface area contributed by atoms with Crippen LogP contribution < -0.4 is 10.5 Å². The minimum Gasteiger partial charge on any atom is -0.443 e. The molecule has 0 bridgehead atoms. The van der Waals surface area contributed by atoms with E-state index in [9.17, 15) is 9.59 Å². The van der Waals surface area contributed by atoms with Gasteiger partial charge in [-0.2, -0.15) is 0 Å². The van der Waals surface area contributed by atoms with E-state index in [1.807, 2.05) is 71.0 Å². The number of ether oxygens (including phenoxy) is 1. The van der Waals surface area contributed by atoms with Gasteiger partial charge in [0.1, 0.15) is 11.2 Å². The average Bonchev–Trinajstić information content (AvgIpc) is 2.59. The van der Waals surface area contributed by atoms with Crippen LogP contribution in [0.2, 0.25) is 0 Å². The fourth-order valence-corrected chi connectivity index (χ4v) is 3.14. The largest absolute Gasteiger partial charge is 0.443 e. The second-order valence-electron chi connectivity index (χ2n) is 8.00. The summed E-state index contributed by atoms with van der Waals surface area (Å²) in [6, 6.07) is 13.2. The molecule has 5 heteroatoms. The summed E-state index contributed by atoms with van der Waals surface area (Å²) in [7, 11) is 1.70. The summed E-state index contributed by atoms with van der Waals surface area (Å²) >= 11 is 0. The maximum absolute atomic E-state index is 12.3. The summed E-state index contributed by atoms with van der Waals surface area (Å²) < 4.78 is 10.8. The van der Waals surface area contributed by atoms with Gasteiger partial charge in [-0.3, -0.25) is 4.90 Å². The summed E-state index contributed by atoms with van der Waals surface area (Å²) in [5.74, 6) is 0. The number of carbonyl (C=O) groups is 1. The van der Waals surface area contributed by atoms with Crippen molar-refractivity contribution in [3.05, 3.63) is 64.0 Å². The number of fused-ring (bicyclic) bond motifs is 1. The Morgan fingerprint density at radius 2 is 1.61 bits per heavy atom. The lowest BCUT2D eigenvalue weighted by Gasteiger charge is -2.25. The Labute approximate surface area is 164 Å². The molecule has 0 unspecified atom stereocenters. The van der Waals surface area contributed by atoms with Gasteiger partial charge in [0.15, 0.2) is 0 Å². The molecule has 0 fully saturated rings. The zero-order valence-electron chi connectivity index (χ0n) is 17.1. The maximum Gasteiger partial charge on any atom is 0.414 e. The predicted octanol–water partition coefficient (Wildman–Crippen LogP) is 5.45. The summed E-state index contributed by atoms with van der Waals surface area (Å²) in [5, 5.41) is 0.918. The zero-order valence-corrected chi connectivity index (χ0v) is 17.1. The third-order valence-corrected chi connectivity index (χ3v) is 4.51. The molecule has 0 saturated carbocycles. The molecule has 0 aliphatic rings. The molecule has 5 nitrogen and oxygen atoms in total. The van der Waals surface area contributed by atoms with Crippen LogP contribution in [-0.2, 0) is 4.74 Å². The van der Waals surface area contributed by atoms with Crippen molar-refractivity contribution in [2.24, 2.45) is 0 Å². The van der Waals surface area contributed by atoms with Crippen molar-refractivity contribution in [3.8, 4) is 11.1 Å². The van der Waals surface area contributed by atoms with Crippen LogP contribution in [0.5, 0.6) is 0 Å². The summed E-state index contributed by atoms with van der Waals surface area (Å²) in [4.78, 5) is 25.5. The van der Waals surface area contributed by atoms with Crippen LogP contribution in [0.1, 0.15) is 31.9 Å². The topological polar surface area (TPSA) is 59.8 Å². The van der Waals surface area contributed by atoms with Crippen molar-refractivity contribution in [1.82, 2.24) is 0 Å². The standard InChI is InChI=1S/C23H25NO4/c1-14-12-21(25)27-20-13-17(7-9-18(14)20)16-8-10-19(15(2)11-16)24(6)22(26)28-23(3,4)5/h7-13H,1-6H3. The molecule has 2 aromatic carbocycles. The summed E-state index contributed by atoms with van der Waals surface area (Å²) in [6.45, 7) is 9.37. The normalized spacial score (nSPS) is 11.5. The smallest absolute Gasteiger partial charge is 0.414 e. The number of hydrogen-bond acceptors (Lipinski definition) is 4. The van der Waals surface area contributed by atoms with Crippen LogP contribution in [0.3, 0.4) is 0 Å². The van der Waals surface area contributed by atoms with Crippen molar-refractivity contribution in [2.75, 3.05) is 11.9 Å². The molecular formula is C23H25NO4. The van der Waals surface area contributed by atoms with Crippen molar-refractivity contribution < 1.29 is 13.9 Å². The summed E-state index contributed by atoms with van der Waals surface area (Å²) in [6.07, 6.45) is -0.397. The SMILES string of the molecule is Cc1cc(-c2ccc3c(C)cc(=O)oc3c2)ccc1N(C)C(=O)OC(C)(C)C. The highest BCUT2D eigenvalue weighted by Gasteiger charge is 2.21. The molecule has 1 amide bonds. The molecule has 0 aliphatic heterocycles. The first-order valence-corrected chi connectivity index (χ1v) is 9.17. The Bertz CT molecular complexity index is 1110. The Morgan fingerprint density at radius 1 is 0.964 bits per heavy atom. The second kappa shape index (κ2) is 7.15. The maximum atomic E-state index is 12.3. The van der Waals surface area contributed by atoms with E-state index in [0.29, 0.717) is 5.58 Å². The minimum atomic E-state index is -0.549. The monoisotopic (exact) mass is 379 g/mol. The van der Waals surface area contributed by atoms with Crippen LogP contribution in [0.15, 0.2) is 51.7 Å². The van der Waals surface area contributed by atoms with Gasteiger partial charge in [0.05, 0.1) is 0 Å². The first-order chi connectivity index (χ1) is 13.0. The highest BCUT2D eigenvalue weighted by Crippen LogP contribution is 2.30. The van der Waals surface area contributed by atoms with Crippen molar-refractivity contribution in [3.63, 3.8) is 0 Å². The van der Waals surface area contributed by atoms with Crippen molar-refractivity contribution in [2.45, 2.75) is 40.2 Å². The van der Waals surface area contributed by atoms with E-state index in [2.05, 4.69) is 0 Å². The molecule has 28 heavy (non-hydrogen) atoms. The molecule has 0 N–H and O–H groups in total. The molecule has 0 aliphatic carbocycles. The highest BCUT2D eigenvalue weighted by atomic mass is 16.6. The first-order valence-electron chi connectivity index (χ1n) is 9.17. The molecule has 3 rings (SSSR count). The average molecular weight is 379 g/mol. The van der Waals surface area contributed by atoms with E-state index in [1.54, 1.807) is 7.05 Å². The molecule has 146 valence electrons. The number of anilines is 1. The van der Waals surface area contributed by atoms with Crippen LogP contribution in [0.25, 0.3) is 22.1 Å². The number of rotatable bonds is 2. The van der Waals surface area contributed by atoms with Gasteiger partial charge in [-0.1, -0.05) is 18.2 Å². The van der Waals surface area contributed by atoms with Crippen LogP contribution in [-0.4, -0.2) is 18.7 Å². The van der Waals surface area contributed by atoms with E-state index in [1.165, 1.54) is 11.0 Å². The Hall–Kier alpha value is -3.08. The van der Waals surface area contributed by atoms with Gasteiger partial charge < -0.3 is 9.15 Å². The fraction of sp³-hybridized carbons (Fsp3) is 0.304. The molecule has 3 aromatic rings. The number of hydrogen-bond donors (Lipinski definition) is 0. The van der Waals surface area contributed by atoms with E-state index in [-0.39, 0.29) is 5.63 Å². The number of amides is 1. The Kier molecular flexibility index (Phi) is 5.02. The Morgan fingerprint density at radius 3 is 2.25 bits per heavy atom.